The molecule has 0 heterocycles. The van der Waals surface area contributed by atoms with Gasteiger partial charge in [0, 0.05) is 22.3 Å². The minimum Gasteiger partial charge on any atom is -0.508 e. The third kappa shape index (κ3) is 3.05. The molecule has 2 aromatic carbocycles. The summed E-state index contributed by atoms with van der Waals surface area (Å²) in [6.45, 7) is 4.70. The topological polar surface area (TPSA) is 32.3 Å². The molecule has 94 valence electrons. The van der Waals surface area contributed by atoms with Gasteiger partial charge in [0.15, 0.2) is 0 Å². The first-order chi connectivity index (χ1) is 8.56. The van der Waals surface area contributed by atoms with E-state index in [0.29, 0.717) is 12.3 Å². The molecule has 0 aliphatic rings. The number of nitrogens with one attached hydrogen (secondary N) is 1. The summed E-state index contributed by atoms with van der Waals surface area (Å²) in [5.41, 5.74) is 4.32. The van der Waals surface area contributed by atoms with Gasteiger partial charge in [0.25, 0.3) is 0 Å². The standard InChI is InChI=1S/C15H16BrNO/c1-10-3-6-15(18)12(7-10)9-17-14-8-13(16)5-4-11(14)2/h3-8,17-18H,9H2,1-2H3. The van der Waals surface area contributed by atoms with Gasteiger partial charge in [0.05, 0.1) is 0 Å². The van der Waals surface area contributed by atoms with Crippen LogP contribution in [0.25, 0.3) is 0 Å². The zero-order chi connectivity index (χ0) is 13.1. The molecule has 2 rings (SSSR count). The lowest BCUT2D eigenvalue weighted by Crippen LogP contribution is -2.01. The van der Waals surface area contributed by atoms with E-state index in [1.165, 1.54) is 5.56 Å². The van der Waals surface area contributed by atoms with Crippen molar-refractivity contribution < 1.29 is 5.11 Å². The van der Waals surface area contributed by atoms with Gasteiger partial charge in [-0.25, -0.2) is 0 Å². The second-order valence-corrected chi connectivity index (χ2v) is 5.36. The zero-order valence-electron chi connectivity index (χ0n) is 10.5. The molecule has 0 spiro atoms. The molecule has 0 amide bonds. The van der Waals surface area contributed by atoms with Crippen LogP contribution in [-0.4, -0.2) is 5.11 Å². The molecule has 2 nitrogen and oxygen atoms in total. The summed E-state index contributed by atoms with van der Waals surface area (Å²) in [6, 6.07) is 11.8. The Bertz CT molecular complexity index is 515. The van der Waals surface area contributed by atoms with E-state index in [9.17, 15) is 5.11 Å². The lowest BCUT2D eigenvalue weighted by molar-refractivity contribution is 0.469. The number of aromatic hydroxyl groups is 1. The maximum Gasteiger partial charge on any atom is 0.120 e. The van der Waals surface area contributed by atoms with E-state index in [4.69, 9.17) is 0 Å². The molecule has 3 heteroatoms. The van der Waals surface area contributed by atoms with Gasteiger partial charge in [-0.15, -0.1) is 0 Å². The first-order valence-electron chi connectivity index (χ1n) is 5.85. The second kappa shape index (κ2) is 5.44. The number of anilines is 1. The number of rotatable bonds is 3. The Hall–Kier alpha value is -1.48. The Labute approximate surface area is 116 Å². The second-order valence-electron chi connectivity index (χ2n) is 4.44. The fourth-order valence-corrected chi connectivity index (χ4v) is 2.19. The normalized spacial score (nSPS) is 10.4. The van der Waals surface area contributed by atoms with Crippen LogP contribution in [0.2, 0.25) is 0 Å². The van der Waals surface area contributed by atoms with Gasteiger partial charge >= 0.3 is 0 Å². The summed E-state index contributed by atoms with van der Waals surface area (Å²) in [5.74, 6) is 0.334. The van der Waals surface area contributed by atoms with Gasteiger partial charge in [-0.1, -0.05) is 39.7 Å². The molecule has 0 aromatic heterocycles. The first-order valence-corrected chi connectivity index (χ1v) is 6.64. The lowest BCUT2D eigenvalue weighted by Gasteiger charge is -2.11. The molecular formula is C15H16BrNO. The van der Waals surface area contributed by atoms with Crippen LogP contribution in [0.3, 0.4) is 0 Å². The van der Waals surface area contributed by atoms with E-state index in [0.717, 1.165) is 21.3 Å². The predicted molar refractivity (Wildman–Crippen MR) is 79.0 cm³/mol. The number of benzene rings is 2. The Morgan fingerprint density at radius 2 is 1.89 bits per heavy atom. The molecule has 0 saturated carbocycles. The molecule has 0 aliphatic carbocycles. The van der Waals surface area contributed by atoms with Crippen molar-refractivity contribution in [2.45, 2.75) is 20.4 Å². The van der Waals surface area contributed by atoms with Crippen LogP contribution in [0.1, 0.15) is 16.7 Å². The van der Waals surface area contributed by atoms with E-state index in [1.807, 2.05) is 31.2 Å². The van der Waals surface area contributed by atoms with Gasteiger partial charge in [0.2, 0.25) is 0 Å². The van der Waals surface area contributed by atoms with Crippen molar-refractivity contribution in [1.29, 1.82) is 0 Å². The summed E-state index contributed by atoms with van der Waals surface area (Å²) in [7, 11) is 0. The minimum absolute atomic E-state index is 0.334. The third-order valence-electron chi connectivity index (χ3n) is 2.90. The molecule has 0 radical (unpaired) electrons. The van der Waals surface area contributed by atoms with Crippen LogP contribution in [0, 0.1) is 13.8 Å². The van der Waals surface area contributed by atoms with Gasteiger partial charge in [-0.2, -0.15) is 0 Å². The quantitative estimate of drug-likeness (QED) is 0.882. The predicted octanol–water partition coefficient (Wildman–Crippen LogP) is 4.38. The Morgan fingerprint density at radius 3 is 2.67 bits per heavy atom. The van der Waals surface area contributed by atoms with Crippen molar-refractivity contribution in [3.63, 3.8) is 0 Å². The van der Waals surface area contributed by atoms with Crippen molar-refractivity contribution in [2.24, 2.45) is 0 Å². The third-order valence-corrected chi connectivity index (χ3v) is 3.40. The maximum absolute atomic E-state index is 9.79. The molecule has 0 saturated heterocycles. The fourth-order valence-electron chi connectivity index (χ4n) is 1.83. The summed E-state index contributed by atoms with van der Waals surface area (Å²) in [5, 5.41) is 13.1. The van der Waals surface area contributed by atoms with Crippen LogP contribution >= 0.6 is 15.9 Å². The van der Waals surface area contributed by atoms with Crippen molar-refractivity contribution in [3.05, 3.63) is 57.6 Å². The average Bonchev–Trinajstić information content (AvgIpc) is 2.34. The minimum atomic E-state index is 0.334. The van der Waals surface area contributed by atoms with Gasteiger partial charge in [-0.3, -0.25) is 0 Å². The van der Waals surface area contributed by atoms with E-state index in [1.54, 1.807) is 6.07 Å². The van der Waals surface area contributed by atoms with Crippen LogP contribution in [0.4, 0.5) is 5.69 Å². The molecule has 0 unspecified atom stereocenters. The van der Waals surface area contributed by atoms with E-state index in [2.05, 4.69) is 34.2 Å². The number of phenols is 1. The molecule has 0 bridgehead atoms. The highest BCUT2D eigenvalue weighted by Crippen LogP contribution is 2.23. The summed E-state index contributed by atoms with van der Waals surface area (Å²) in [6.07, 6.45) is 0. The fraction of sp³-hybridized carbons (Fsp3) is 0.200. The molecule has 18 heavy (non-hydrogen) atoms. The van der Waals surface area contributed by atoms with Gasteiger partial charge in [0.1, 0.15) is 5.75 Å². The van der Waals surface area contributed by atoms with Crippen molar-refractivity contribution in [1.82, 2.24) is 0 Å². The average molecular weight is 306 g/mol. The summed E-state index contributed by atoms with van der Waals surface area (Å²) < 4.78 is 1.05. The highest BCUT2D eigenvalue weighted by Gasteiger charge is 2.03. The largest absolute Gasteiger partial charge is 0.508 e. The molecule has 2 aromatic rings. The van der Waals surface area contributed by atoms with Crippen LogP contribution < -0.4 is 5.32 Å². The van der Waals surface area contributed by atoms with Crippen LogP contribution in [-0.2, 0) is 6.54 Å². The SMILES string of the molecule is Cc1ccc(O)c(CNc2cc(Br)ccc2C)c1. The number of aryl methyl sites for hydroxylation is 2. The Balaban J connectivity index is 2.16. The molecule has 0 aliphatic heterocycles. The molecule has 0 atom stereocenters. The Kier molecular flexibility index (Phi) is 3.92. The number of hydrogen-bond acceptors (Lipinski definition) is 2. The smallest absolute Gasteiger partial charge is 0.120 e. The number of phenolic OH excluding ortho intramolecular Hbond substituents is 1. The van der Waals surface area contributed by atoms with Crippen molar-refractivity contribution in [2.75, 3.05) is 5.32 Å². The van der Waals surface area contributed by atoms with E-state index >= 15 is 0 Å². The van der Waals surface area contributed by atoms with Crippen LogP contribution in [0.5, 0.6) is 5.75 Å². The molecule has 2 N–H and O–H groups in total. The monoisotopic (exact) mass is 305 g/mol. The maximum atomic E-state index is 9.79. The van der Waals surface area contributed by atoms with Crippen LogP contribution in [0.15, 0.2) is 40.9 Å². The van der Waals surface area contributed by atoms with E-state index in [-0.39, 0.29) is 0 Å². The van der Waals surface area contributed by atoms with Gasteiger partial charge in [-0.05, 0) is 37.6 Å². The lowest BCUT2D eigenvalue weighted by atomic mass is 10.1. The highest BCUT2D eigenvalue weighted by molar-refractivity contribution is 9.10. The zero-order valence-corrected chi connectivity index (χ0v) is 12.1. The highest BCUT2D eigenvalue weighted by atomic mass is 79.9. The number of halogens is 1. The molecule has 0 fully saturated rings. The molecular weight excluding hydrogens is 290 g/mol. The summed E-state index contributed by atoms with van der Waals surface area (Å²) >= 11 is 3.46. The van der Waals surface area contributed by atoms with Crippen molar-refractivity contribution >= 4 is 21.6 Å². The summed E-state index contributed by atoms with van der Waals surface area (Å²) in [4.78, 5) is 0. The first kappa shape index (κ1) is 13.0. The number of hydrogen-bond donors (Lipinski definition) is 2. The Morgan fingerprint density at radius 1 is 1.11 bits per heavy atom. The van der Waals surface area contributed by atoms with E-state index < -0.39 is 0 Å². The van der Waals surface area contributed by atoms with Gasteiger partial charge < -0.3 is 10.4 Å². The van der Waals surface area contributed by atoms with Crippen molar-refractivity contribution in [3.8, 4) is 5.75 Å².